The SMILES string of the molecule is CCc1ccc(NC(=O)CSc2nc3c([nH]c4ccccc43)c(=O)n2-c2ccc([N+](=O)[O-])cc2)cc1. The molecule has 0 aliphatic carbocycles. The minimum atomic E-state index is -0.501. The van der Waals surface area contributed by atoms with E-state index in [1.807, 2.05) is 48.5 Å². The summed E-state index contributed by atoms with van der Waals surface area (Å²) in [5, 5.41) is 15.1. The lowest BCUT2D eigenvalue weighted by Gasteiger charge is -2.12. The minimum absolute atomic E-state index is 0.0167. The number of non-ortho nitro benzene ring substituents is 1. The Morgan fingerprint density at radius 3 is 2.50 bits per heavy atom. The van der Waals surface area contributed by atoms with Gasteiger partial charge in [0.25, 0.3) is 11.2 Å². The first-order valence-corrected chi connectivity index (χ1v) is 12.2. The smallest absolute Gasteiger partial charge is 0.283 e. The van der Waals surface area contributed by atoms with Gasteiger partial charge in [-0.25, -0.2) is 4.98 Å². The lowest BCUT2D eigenvalue weighted by Crippen LogP contribution is -2.23. The molecule has 0 spiro atoms. The van der Waals surface area contributed by atoms with E-state index in [9.17, 15) is 19.7 Å². The number of nitrogens with zero attached hydrogens (tertiary/aromatic N) is 3. The standard InChI is InChI=1S/C26H21N5O4S/c1-2-16-7-9-17(10-8-16)27-22(32)15-36-26-29-23-20-5-3-4-6-21(20)28-24(23)25(33)30(26)18-11-13-19(14-12-18)31(34)35/h3-14,28H,2,15H2,1H3,(H,27,32). The van der Waals surface area contributed by atoms with Crippen molar-refractivity contribution in [1.29, 1.82) is 0 Å². The van der Waals surface area contributed by atoms with Crippen LogP contribution in [0.15, 0.2) is 82.7 Å². The zero-order valence-corrected chi connectivity index (χ0v) is 20.0. The van der Waals surface area contributed by atoms with Gasteiger partial charge in [0.15, 0.2) is 5.16 Å². The summed E-state index contributed by atoms with van der Waals surface area (Å²) in [5.41, 5.74) is 3.42. The van der Waals surface area contributed by atoms with Crippen LogP contribution in [0.25, 0.3) is 27.6 Å². The zero-order valence-electron chi connectivity index (χ0n) is 19.2. The number of carbonyl (C=O) groups is 1. The number of thioether (sulfide) groups is 1. The van der Waals surface area contributed by atoms with Crippen molar-refractivity contribution in [3.8, 4) is 5.69 Å². The number of hydrogen-bond acceptors (Lipinski definition) is 6. The van der Waals surface area contributed by atoms with E-state index < -0.39 is 4.92 Å². The highest BCUT2D eigenvalue weighted by Crippen LogP contribution is 2.27. The van der Waals surface area contributed by atoms with Gasteiger partial charge >= 0.3 is 0 Å². The number of aromatic nitrogens is 3. The van der Waals surface area contributed by atoms with Crippen molar-refractivity contribution >= 4 is 51.0 Å². The van der Waals surface area contributed by atoms with E-state index in [0.29, 0.717) is 27.6 Å². The molecule has 5 rings (SSSR count). The maximum absolute atomic E-state index is 13.6. The van der Waals surface area contributed by atoms with Gasteiger partial charge in [-0.3, -0.25) is 24.3 Å². The number of nitro groups is 1. The van der Waals surface area contributed by atoms with Crippen LogP contribution < -0.4 is 10.9 Å². The quantitative estimate of drug-likeness (QED) is 0.140. The molecular weight excluding hydrogens is 478 g/mol. The lowest BCUT2D eigenvalue weighted by atomic mass is 10.1. The van der Waals surface area contributed by atoms with Crippen LogP contribution in [-0.2, 0) is 11.2 Å². The Kier molecular flexibility index (Phi) is 6.26. The Hall–Kier alpha value is -4.44. The summed E-state index contributed by atoms with van der Waals surface area (Å²) < 4.78 is 1.37. The molecule has 3 aromatic carbocycles. The van der Waals surface area contributed by atoms with Crippen molar-refractivity contribution < 1.29 is 9.72 Å². The summed E-state index contributed by atoms with van der Waals surface area (Å²) in [7, 11) is 0. The van der Waals surface area contributed by atoms with Crippen molar-refractivity contribution in [2.45, 2.75) is 18.5 Å². The van der Waals surface area contributed by atoms with E-state index in [1.54, 1.807) is 0 Å². The molecule has 36 heavy (non-hydrogen) atoms. The fraction of sp³-hybridized carbons (Fsp3) is 0.115. The van der Waals surface area contributed by atoms with E-state index in [2.05, 4.69) is 17.2 Å². The number of H-pyrrole nitrogens is 1. The van der Waals surface area contributed by atoms with Gasteiger partial charge in [-0.15, -0.1) is 0 Å². The van der Waals surface area contributed by atoms with E-state index in [-0.39, 0.29) is 22.9 Å². The first kappa shape index (κ1) is 23.3. The van der Waals surface area contributed by atoms with Crippen LogP contribution in [0.5, 0.6) is 0 Å². The molecule has 2 aromatic heterocycles. The average Bonchev–Trinajstić information content (AvgIpc) is 3.27. The molecule has 2 N–H and O–H groups in total. The van der Waals surface area contributed by atoms with Crippen LogP contribution in [0.1, 0.15) is 12.5 Å². The van der Waals surface area contributed by atoms with Gasteiger partial charge in [0.1, 0.15) is 11.0 Å². The summed E-state index contributed by atoms with van der Waals surface area (Å²) in [6, 6.07) is 20.7. The van der Waals surface area contributed by atoms with Crippen LogP contribution in [0.4, 0.5) is 11.4 Å². The highest BCUT2D eigenvalue weighted by Gasteiger charge is 2.19. The number of nitrogens with one attached hydrogen (secondary N) is 2. The monoisotopic (exact) mass is 499 g/mol. The Labute approximate surface area is 209 Å². The van der Waals surface area contributed by atoms with Crippen LogP contribution in [0.2, 0.25) is 0 Å². The second-order valence-electron chi connectivity index (χ2n) is 8.09. The Morgan fingerprint density at radius 1 is 1.08 bits per heavy atom. The first-order chi connectivity index (χ1) is 17.4. The topological polar surface area (TPSA) is 123 Å². The predicted molar refractivity (Wildman–Crippen MR) is 141 cm³/mol. The maximum Gasteiger partial charge on any atom is 0.283 e. The number of carbonyl (C=O) groups excluding carboxylic acids is 1. The number of hydrogen-bond donors (Lipinski definition) is 2. The molecule has 2 heterocycles. The van der Waals surface area contributed by atoms with Gasteiger partial charge < -0.3 is 10.3 Å². The van der Waals surface area contributed by atoms with Gasteiger partial charge in [-0.05, 0) is 42.3 Å². The van der Waals surface area contributed by atoms with Crippen molar-refractivity contribution in [1.82, 2.24) is 14.5 Å². The zero-order chi connectivity index (χ0) is 25.2. The molecule has 1 amide bonds. The van der Waals surface area contributed by atoms with Gasteiger partial charge in [0, 0.05) is 28.7 Å². The van der Waals surface area contributed by atoms with Crippen molar-refractivity contribution in [2.75, 3.05) is 11.1 Å². The number of amides is 1. The molecule has 0 unspecified atom stereocenters. The highest BCUT2D eigenvalue weighted by atomic mass is 32.2. The van der Waals surface area contributed by atoms with Crippen LogP contribution in [-0.4, -0.2) is 31.1 Å². The van der Waals surface area contributed by atoms with Crippen molar-refractivity contribution in [3.63, 3.8) is 0 Å². The second-order valence-corrected chi connectivity index (χ2v) is 9.03. The summed E-state index contributed by atoms with van der Waals surface area (Å²) in [5.74, 6) is -0.226. The van der Waals surface area contributed by atoms with Gasteiger partial charge in [-0.2, -0.15) is 0 Å². The van der Waals surface area contributed by atoms with E-state index in [1.165, 1.54) is 34.4 Å². The third kappa shape index (κ3) is 4.46. The van der Waals surface area contributed by atoms with Gasteiger partial charge in [0.05, 0.1) is 16.4 Å². The van der Waals surface area contributed by atoms with E-state index >= 15 is 0 Å². The molecule has 10 heteroatoms. The van der Waals surface area contributed by atoms with E-state index in [4.69, 9.17) is 4.98 Å². The number of anilines is 1. The average molecular weight is 500 g/mol. The van der Waals surface area contributed by atoms with Crippen molar-refractivity contribution in [3.05, 3.63) is 98.8 Å². The normalized spacial score (nSPS) is 11.1. The predicted octanol–water partition coefficient (Wildman–Crippen LogP) is 5.07. The molecule has 0 aliphatic heterocycles. The minimum Gasteiger partial charge on any atom is -0.349 e. The summed E-state index contributed by atoms with van der Waals surface area (Å²) >= 11 is 1.12. The molecule has 0 bridgehead atoms. The highest BCUT2D eigenvalue weighted by molar-refractivity contribution is 7.99. The molecule has 0 radical (unpaired) electrons. The molecule has 0 aliphatic rings. The molecule has 0 saturated heterocycles. The van der Waals surface area contributed by atoms with Crippen LogP contribution in [0.3, 0.4) is 0 Å². The Balaban J connectivity index is 1.52. The molecule has 180 valence electrons. The van der Waals surface area contributed by atoms with E-state index in [0.717, 1.165) is 29.1 Å². The molecule has 0 saturated carbocycles. The fourth-order valence-electron chi connectivity index (χ4n) is 3.94. The molecule has 0 fully saturated rings. The van der Waals surface area contributed by atoms with Crippen LogP contribution >= 0.6 is 11.8 Å². The Bertz CT molecular complexity index is 1660. The molecule has 0 atom stereocenters. The molecule has 5 aromatic rings. The number of benzene rings is 3. The Morgan fingerprint density at radius 2 is 1.81 bits per heavy atom. The molecular formula is C26H21N5O4S. The number of aryl methyl sites for hydroxylation is 1. The number of rotatable bonds is 7. The number of aromatic amines is 1. The lowest BCUT2D eigenvalue weighted by molar-refractivity contribution is -0.384. The van der Waals surface area contributed by atoms with Crippen LogP contribution in [0, 0.1) is 10.1 Å². The number of nitro benzene ring substituents is 1. The third-order valence-corrected chi connectivity index (χ3v) is 6.73. The summed E-state index contributed by atoms with van der Waals surface area (Å²) in [4.78, 5) is 44.7. The van der Waals surface area contributed by atoms with Gasteiger partial charge in [0.2, 0.25) is 5.91 Å². The van der Waals surface area contributed by atoms with Gasteiger partial charge in [-0.1, -0.05) is 49.0 Å². The van der Waals surface area contributed by atoms with Crippen molar-refractivity contribution in [2.24, 2.45) is 0 Å². The summed E-state index contributed by atoms with van der Waals surface area (Å²) in [6.45, 7) is 2.06. The first-order valence-electron chi connectivity index (χ1n) is 11.2. The number of para-hydroxylation sites is 1. The summed E-state index contributed by atoms with van der Waals surface area (Å²) in [6.07, 6.45) is 0.909. The number of fused-ring (bicyclic) bond motifs is 3. The fourth-order valence-corrected chi connectivity index (χ4v) is 4.75. The largest absolute Gasteiger partial charge is 0.349 e. The molecule has 9 nitrogen and oxygen atoms in total. The second kappa shape index (κ2) is 9.67. The maximum atomic E-state index is 13.6. The third-order valence-electron chi connectivity index (χ3n) is 5.79.